The molecule has 0 saturated carbocycles. The lowest BCUT2D eigenvalue weighted by molar-refractivity contribution is 0.612. The molecule has 0 aliphatic rings. The van der Waals surface area contributed by atoms with E-state index < -0.39 is 0 Å². The van der Waals surface area contributed by atoms with Gasteiger partial charge in [-0.2, -0.15) is 0 Å². The van der Waals surface area contributed by atoms with Gasteiger partial charge in [-0.3, -0.25) is 0 Å². The van der Waals surface area contributed by atoms with E-state index in [0.717, 1.165) is 12.8 Å². The molecule has 0 aliphatic heterocycles. The molecule has 0 radical (unpaired) electrons. The summed E-state index contributed by atoms with van der Waals surface area (Å²) in [7, 11) is 0. The van der Waals surface area contributed by atoms with Crippen LogP contribution >= 0.6 is 12.4 Å². The van der Waals surface area contributed by atoms with E-state index >= 15 is 0 Å². The zero-order valence-corrected chi connectivity index (χ0v) is 6.08. The van der Waals surface area contributed by atoms with E-state index in [1.165, 1.54) is 0 Å². The Hall–Kier alpha value is 0.210. The van der Waals surface area contributed by atoms with Crippen molar-refractivity contribution in [3.63, 3.8) is 0 Å². The number of rotatable bonds is 3. The van der Waals surface area contributed by atoms with Crippen LogP contribution in [-0.2, 0) is 0 Å². The van der Waals surface area contributed by atoms with Crippen LogP contribution in [0.25, 0.3) is 0 Å². The fourth-order valence-corrected chi connectivity index (χ4v) is 0.489. The number of hydrogen-bond acceptors (Lipinski definition) is 2. The van der Waals surface area contributed by atoms with E-state index in [4.69, 9.17) is 11.5 Å². The molecule has 0 saturated heterocycles. The van der Waals surface area contributed by atoms with E-state index in [0.29, 0.717) is 6.54 Å². The third kappa shape index (κ3) is 6.21. The molecule has 0 aromatic carbocycles. The maximum Gasteiger partial charge on any atom is 0.0162 e. The quantitative estimate of drug-likeness (QED) is 0.597. The molecule has 2 nitrogen and oxygen atoms in total. The summed E-state index contributed by atoms with van der Waals surface area (Å²) in [6, 6.07) is 0.227. The number of halogens is 1. The van der Waals surface area contributed by atoms with E-state index in [9.17, 15) is 0 Å². The second-order valence-electron chi connectivity index (χ2n) is 1.78. The maximum atomic E-state index is 5.46. The molecule has 0 unspecified atom stereocenters. The minimum Gasteiger partial charge on any atom is -0.329 e. The molecular weight excluding hydrogens is 124 g/mol. The van der Waals surface area contributed by atoms with Crippen LogP contribution < -0.4 is 11.5 Å². The standard InChI is InChI=1S/C5H14N2.ClH/c1-2-3-5(7)4-6;/h5H,2-4,6-7H2,1H3;1H/t5-;/m1./s1. The fourth-order valence-electron chi connectivity index (χ4n) is 0.489. The maximum absolute atomic E-state index is 5.46. The van der Waals surface area contributed by atoms with Gasteiger partial charge in [0.15, 0.2) is 0 Å². The molecule has 0 fully saturated rings. The summed E-state index contributed by atoms with van der Waals surface area (Å²) >= 11 is 0. The Bertz CT molecular complexity index is 41.4. The summed E-state index contributed by atoms with van der Waals surface area (Å²) in [4.78, 5) is 0. The van der Waals surface area contributed by atoms with Crippen molar-refractivity contribution in [3.05, 3.63) is 0 Å². The van der Waals surface area contributed by atoms with Crippen molar-refractivity contribution >= 4 is 12.4 Å². The highest BCUT2D eigenvalue weighted by Gasteiger charge is 1.93. The molecule has 52 valence electrons. The van der Waals surface area contributed by atoms with E-state index in [1.807, 2.05) is 0 Å². The normalized spacial score (nSPS) is 12.4. The summed E-state index contributed by atoms with van der Waals surface area (Å²) < 4.78 is 0. The molecule has 0 aromatic rings. The molecule has 8 heavy (non-hydrogen) atoms. The summed E-state index contributed by atoms with van der Waals surface area (Å²) in [6.45, 7) is 2.73. The molecule has 0 heterocycles. The molecule has 0 spiro atoms. The van der Waals surface area contributed by atoms with Gasteiger partial charge >= 0.3 is 0 Å². The molecule has 0 aromatic heterocycles. The predicted octanol–water partition coefficient (Wildman–Crippen LogP) is 0.494. The first-order valence-corrected chi connectivity index (χ1v) is 2.77. The molecule has 0 bridgehead atoms. The van der Waals surface area contributed by atoms with Crippen molar-refractivity contribution in [1.82, 2.24) is 0 Å². The average molecular weight is 139 g/mol. The largest absolute Gasteiger partial charge is 0.329 e. The van der Waals surface area contributed by atoms with Gasteiger partial charge in [-0.15, -0.1) is 12.4 Å². The molecule has 4 N–H and O–H groups in total. The zero-order chi connectivity index (χ0) is 5.70. The summed E-state index contributed by atoms with van der Waals surface area (Å²) in [5.74, 6) is 0. The monoisotopic (exact) mass is 138 g/mol. The van der Waals surface area contributed by atoms with Gasteiger partial charge < -0.3 is 11.5 Å². The lowest BCUT2D eigenvalue weighted by Gasteiger charge is -2.03. The Kier molecular flexibility index (Phi) is 9.97. The Morgan fingerprint density at radius 1 is 1.50 bits per heavy atom. The highest BCUT2D eigenvalue weighted by molar-refractivity contribution is 5.85. The lowest BCUT2D eigenvalue weighted by atomic mass is 10.2. The van der Waals surface area contributed by atoms with Crippen molar-refractivity contribution in [2.45, 2.75) is 25.8 Å². The first-order valence-electron chi connectivity index (χ1n) is 2.77. The molecular formula is C5H15ClN2. The Labute approximate surface area is 57.0 Å². The highest BCUT2D eigenvalue weighted by Crippen LogP contribution is 1.88. The van der Waals surface area contributed by atoms with Crippen molar-refractivity contribution in [1.29, 1.82) is 0 Å². The minimum atomic E-state index is 0. The van der Waals surface area contributed by atoms with Gasteiger partial charge in [-0.05, 0) is 6.42 Å². The SMILES string of the molecule is CCC[C@@H](N)CN.Cl. The predicted molar refractivity (Wildman–Crippen MR) is 39.2 cm³/mol. The summed E-state index contributed by atoms with van der Waals surface area (Å²) in [6.07, 6.45) is 2.19. The van der Waals surface area contributed by atoms with Crippen LogP contribution in [0.4, 0.5) is 0 Å². The van der Waals surface area contributed by atoms with Crippen molar-refractivity contribution in [2.24, 2.45) is 11.5 Å². The molecule has 0 rings (SSSR count). The van der Waals surface area contributed by atoms with Gasteiger partial charge in [0.2, 0.25) is 0 Å². The molecule has 3 heteroatoms. The van der Waals surface area contributed by atoms with E-state index in [2.05, 4.69) is 6.92 Å². The van der Waals surface area contributed by atoms with E-state index in [1.54, 1.807) is 0 Å². The van der Waals surface area contributed by atoms with Crippen molar-refractivity contribution < 1.29 is 0 Å². The van der Waals surface area contributed by atoms with Crippen LogP contribution in [0.1, 0.15) is 19.8 Å². The first kappa shape index (κ1) is 11.1. The van der Waals surface area contributed by atoms with Crippen LogP contribution in [0.2, 0.25) is 0 Å². The molecule has 1 atom stereocenters. The van der Waals surface area contributed by atoms with Gasteiger partial charge in [0.1, 0.15) is 0 Å². The van der Waals surface area contributed by atoms with Crippen molar-refractivity contribution in [3.8, 4) is 0 Å². The second-order valence-corrected chi connectivity index (χ2v) is 1.78. The van der Waals surface area contributed by atoms with Gasteiger partial charge in [0.05, 0.1) is 0 Å². The Morgan fingerprint density at radius 2 is 2.00 bits per heavy atom. The first-order chi connectivity index (χ1) is 3.31. The van der Waals surface area contributed by atoms with Crippen LogP contribution in [0.5, 0.6) is 0 Å². The lowest BCUT2D eigenvalue weighted by Crippen LogP contribution is -2.28. The average Bonchev–Trinajstić information content (AvgIpc) is 1.68. The highest BCUT2D eigenvalue weighted by atomic mass is 35.5. The Morgan fingerprint density at radius 3 is 2.12 bits per heavy atom. The fraction of sp³-hybridized carbons (Fsp3) is 1.00. The minimum absolute atomic E-state index is 0. The van der Waals surface area contributed by atoms with Gasteiger partial charge in [-0.1, -0.05) is 13.3 Å². The van der Waals surface area contributed by atoms with Crippen LogP contribution in [0.3, 0.4) is 0 Å². The van der Waals surface area contributed by atoms with Crippen molar-refractivity contribution in [2.75, 3.05) is 6.54 Å². The van der Waals surface area contributed by atoms with Gasteiger partial charge in [0.25, 0.3) is 0 Å². The topological polar surface area (TPSA) is 52.0 Å². The molecule has 0 aliphatic carbocycles. The summed E-state index contributed by atoms with van der Waals surface area (Å²) in [5, 5.41) is 0. The summed E-state index contributed by atoms with van der Waals surface area (Å²) in [5.41, 5.74) is 10.7. The third-order valence-electron chi connectivity index (χ3n) is 0.962. The van der Waals surface area contributed by atoms with Crippen LogP contribution in [-0.4, -0.2) is 12.6 Å². The molecule has 0 amide bonds. The van der Waals surface area contributed by atoms with Gasteiger partial charge in [0, 0.05) is 12.6 Å². The zero-order valence-electron chi connectivity index (χ0n) is 5.26. The third-order valence-corrected chi connectivity index (χ3v) is 0.962. The Balaban J connectivity index is 0. The second kappa shape index (κ2) is 7.21. The number of hydrogen-bond donors (Lipinski definition) is 2. The number of nitrogens with two attached hydrogens (primary N) is 2. The smallest absolute Gasteiger partial charge is 0.0162 e. The van der Waals surface area contributed by atoms with Crippen LogP contribution in [0, 0.1) is 0 Å². The van der Waals surface area contributed by atoms with Crippen LogP contribution in [0.15, 0.2) is 0 Å². The van der Waals surface area contributed by atoms with Gasteiger partial charge in [-0.25, -0.2) is 0 Å². The van der Waals surface area contributed by atoms with E-state index in [-0.39, 0.29) is 18.4 Å².